The maximum atomic E-state index is 12.8. The molecule has 0 spiro atoms. The Hall–Kier alpha value is -2.78. The van der Waals surface area contributed by atoms with Crippen molar-refractivity contribution in [1.82, 2.24) is 24.6 Å². The Kier molecular flexibility index (Phi) is 6.06. The summed E-state index contributed by atoms with van der Waals surface area (Å²) in [6.45, 7) is 1.83. The van der Waals surface area contributed by atoms with Gasteiger partial charge in [0.15, 0.2) is 17.1 Å². The van der Waals surface area contributed by atoms with E-state index in [-0.39, 0.29) is 23.4 Å². The summed E-state index contributed by atoms with van der Waals surface area (Å²) in [6, 6.07) is 4.95. The molecule has 1 amide bonds. The van der Waals surface area contributed by atoms with Gasteiger partial charge < -0.3 is 19.4 Å². The number of fused-ring (bicyclic) bond motifs is 2. The minimum Gasteiger partial charge on any atom is -0.493 e. The molecule has 0 radical (unpaired) electrons. The van der Waals surface area contributed by atoms with Gasteiger partial charge in [0.1, 0.15) is 5.82 Å². The highest BCUT2D eigenvalue weighted by Crippen LogP contribution is 2.32. The summed E-state index contributed by atoms with van der Waals surface area (Å²) in [7, 11) is 5.45. The van der Waals surface area contributed by atoms with Crippen LogP contribution in [0.5, 0.6) is 5.75 Å². The number of halogens is 1. The minimum absolute atomic E-state index is 0.0810. The topological polar surface area (TPSA) is 94.5 Å². The molecular weight excluding hydrogens is 422 g/mol. The molecule has 3 aromatic rings. The highest BCUT2D eigenvalue weighted by Gasteiger charge is 2.24. The quantitative estimate of drug-likeness (QED) is 0.622. The first-order valence-electron chi connectivity index (χ1n) is 10.2. The zero-order chi connectivity index (χ0) is 22.1. The average Bonchev–Trinajstić information content (AvgIpc) is 3.22. The normalized spacial score (nSPS) is 16.4. The summed E-state index contributed by atoms with van der Waals surface area (Å²) in [6.07, 6.45) is 1.97. The first-order chi connectivity index (χ1) is 14.9. The zero-order valence-electron chi connectivity index (χ0n) is 17.9. The van der Waals surface area contributed by atoms with Gasteiger partial charge in [0.25, 0.3) is 5.91 Å². The van der Waals surface area contributed by atoms with Gasteiger partial charge in [0.05, 0.1) is 13.7 Å². The molecule has 1 aliphatic heterocycles. The molecule has 0 bridgehead atoms. The molecule has 4 rings (SSSR count). The van der Waals surface area contributed by atoms with E-state index in [2.05, 4.69) is 10.4 Å². The van der Waals surface area contributed by atoms with Crippen LogP contribution in [0.3, 0.4) is 0 Å². The van der Waals surface area contributed by atoms with Gasteiger partial charge in [-0.05, 0) is 39.1 Å². The van der Waals surface area contributed by atoms with Gasteiger partial charge in [-0.15, -0.1) is 0 Å². The predicted octanol–water partition coefficient (Wildman–Crippen LogP) is 2.15. The Balaban J connectivity index is 1.44. The van der Waals surface area contributed by atoms with E-state index in [9.17, 15) is 9.59 Å². The van der Waals surface area contributed by atoms with E-state index in [1.807, 2.05) is 19.0 Å². The van der Waals surface area contributed by atoms with Crippen LogP contribution in [-0.4, -0.2) is 58.9 Å². The molecular formula is C21H26ClN5O4. The number of amides is 1. The molecule has 1 aromatic carbocycles. The lowest BCUT2D eigenvalue weighted by Gasteiger charge is -2.15. The Morgan fingerprint density at radius 2 is 2.16 bits per heavy atom. The lowest BCUT2D eigenvalue weighted by molar-refractivity contribution is 0.0907. The van der Waals surface area contributed by atoms with E-state index in [1.54, 1.807) is 22.8 Å². The van der Waals surface area contributed by atoms with Crippen LogP contribution in [0, 0.1) is 0 Å². The number of likely N-dealkylation sites (N-methyl/N-ethyl adjacent to an activating group) is 1. The van der Waals surface area contributed by atoms with E-state index in [0.29, 0.717) is 54.1 Å². The fraction of sp³-hybridized carbons (Fsp3) is 0.476. The van der Waals surface area contributed by atoms with Crippen LogP contribution in [0.15, 0.2) is 27.4 Å². The van der Waals surface area contributed by atoms with Gasteiger partial charge in [-0.2, -0.15) is 5.10 Å². The molecule has 0 aliphatic carbocycles. The van der Waals surface area contributed by atoms with Crippen molar-refractivity contribution in [2.24, 2.45) is 0 Å². The van der Waals surface area contributed by atoms with Crippen molar-refractivity contribution in [3.05, 3.63) is 45.3 Å². The second kappa shape index (κ2) is 8.76. The number of nitrogens with zero attached hydrogens (tertiary/aromatic N) is 4. The van der Waals surface area contributed by atoms with E-state index in [0.717, 1.165) is 12.4 Å². The summed E-state index contributed by atoms with van der Waals surface area (Å²) in [5, 5.41) is 8.73. The molecule has 1 N–H and O–H groups in total. The van der Waals surface area contributed by atoms with Crippen molar-refractivity contribution >= 4 is 28.5 Å². The van der Waals surface area contributed by atoms with Crippen LogP contribution >= 0.6 is 11.6 Å². The van der Waals surface area contributed by atoms with Crippen molar-refractivity contribution in [3.63, 3.8) is 0 Å². The van der Waals surface area contributed by atoms with E-state index in [1.165, 1.54) is 11.8 Å². The van der Waals surface area contributed by atoms with Crippen molar-refractivity contribution < 1.29 is 13.9 Å². The van der Waals surface area contributed by atoms with E-state index >= 15 is 0 Å². The summed E-state index contributed by atoms with van der Waals surface area (Å²) >= 11 is 6.10. The van der Waals surface area contributed by atoms with Gasteiger partial charge in [-0.3, -0.25) is 9.36 Å². The van der Waals surface area contributed by atoms with Gasteiger partial charge in [0, 0.05) is 42.0 Å². The summed E-state index contributed by atoms with van der Waals surface area (Å²) in [4.78, 5) is 27.4. The number of carbonyl (C=O) groups excluding carboxylic acids is 1. The second-order valence-corrected chi connectivity index (χ2v) is 8.45. The largest absolute Gasteiger partial charge is 0.493 e. The van der Waals surface area contributed by atoms with Gasteiger partial charge >= 0.3 is 5.69 Å². The fourth-order valence-electron chi connectivity index (χ4n) is 3.82. The SMILES string of the molecule is COc1cc(Cl)cc2cc(C(=O)NC3CCc4nn(CCN(C)C)c(=O)n4CC3)oc12. The van der Waals surface area contributed by atoms with Gasteiger partial charge in [-0.1, -0.05) is 11.6 Å². The smallest absolute Gasteiger partial charge is 0.345 e. The molecule has 0 saturated heterocycles. The highest BCUT2D eigenvalue weighted by molar-refractivity contribution is 6.31. The Bertz CT molecular complexity index is 1160. The number of methoxy groups -OCH3 is 1. The molecule has 31 heavy (non-hydrogen) atoms. The lowest BCUT2D eigenvalue weighted by Crippen LogP contribution is -2.35. The Labute approximate surface area is 184 Å². The number of rotatable bonds is 6. The van der Waals surface area contributed by atoms with Crippen LogP contribution in [0.4, 0.5) is 0 Å². The third-order valence-corrected chi connectivity index (χ3v) is 5.72. The number of nitrogens with one attached hydrogen (secondary N) is 1. The third-order valence-electron chi connectivity index (χ3n) is 5.50. The highest BCUT2D eigenvalue weighted by atomic mass is 35.5. The molecule has 0 saturated carbocycles. The number of aromatic nitrogens is 3. The number of furan rings is 1. The predicted molar refractivity (Wildman–Crippen MR) is 117 cm³/mol. The molecule has 1 unspecified atom stereocenters. The van der Waals surface area contributed by atoms with Crippen LogP contribution < -0.4 is 15.7 Å². The average molecular weight is 448 g/mol. The minimum atomic E-state index is -0.303. The summed E-state index contributed by atoms with van der Waals surface area (Å²) < 4.78 is 14.3. The van der Waals surface area contributed by atoms with E-state index in [4.69, 9.17) is 20.8 Å². The molecule has 1 atom stereocenters. The maximum Gasteiger partial charge on any atom is 0.345 e. The van der Waals surface area contributed by atoms with Crippen LogP contribution in [-0.2, 0) is 19.5 Å². The maximum absolute atomic E-state index is 12.8. The molecule has 166 valence electrons. The molecule has 3 heterocycles. The van der Waals surface area contributed by atoms with Crippen LogP contribution in [0.2, 0.25) is 5.02 Å². The molecule has 2 aromatic heterocycles. The Morgan fingerprint density at radius 1 is 1.35 bits per heavy atom. The van der Waals surface area contributed by atoms with Gasteiger partial charge in [0.2, 0.25) is 0 Å². The standard InChI is InChI=1S/C21H26ClN5O4/c1-25(2)8-9-27-21(29)26-7-6-15(4-5-18(26)24-27)23-20(28)17-11-13-10-14(22)12-16(30-3)19(13)31-17/h10-12,15H,4-9H2,1-3H3,(H,23,28). The molecule has 1 aliphatic rings. The van der Waals surface area contributed by atoms with Crippen molar-refractivity contribution in [3.8, 4) is 5.75 Å². The molecule has 0 fully saturated rings. The number of ether oxygens (including phenoxy) is 1. The second-order valence-electron chi connectivity index (χ2n) is 8.01. The van der Waals surface area contributed by atoms with E-state index < -0.39 is 0 Å². The third kappa shape index (κ3) is 4.47. The fourth-order valence-corrected chi connectivity index (χ4v) is 4.04. The van der Waals surface area contributed by atoms with Crippen LogP contribution in [0.25, 0.3) is 11.0 Å². The molecule has 9 nitrogen and oxygen atoms in total. The molecule has 10 heteroatoms. The lowest BCUT2D eigenvalue weighted by atomic mass is 10.1. The van der Waals surface area contributed by atoms with Crippen molar-refractivity contribution in [2.75, 3.05) is 27.7 Å². The monoisotopic (exact) mass is 447 g/mol. The van der Waals surface area contributed by atoms with Crippen molar-refractivity contribution in [2.45, 2.75) is 38.4 Å². The first kappa shape index (κ1) is 21.5. The number of benzene rings is 1. The zero-order valence-corrected chi connectivity index (χ0v) is 18.6. The number of aryl methyl sites for hydroxylation is 1. The first-order valence-corrected chi connectivity index (χ1v) is 10.6. The van der Waals surface area contributed by atoms with Crippen LogP contribution in [0.1, 0.15) is 29.2 Å². The number of hydrogen-bond donors (Lipinski definition) is 1. The van der Waals surface area contributed by atoms with Crippen molar-refractivity contribution in [1.29, 1.82) is 0 Å². The Morgan fingerprint density at radius 3 is 2.90 bits per heavy atom. The summed E-state index contributed by atoms with van der Waals surface area (Å²) in [5.41, 5.74) is 0.390. The summed E-state index contributed by atoms with van der Waals surface area (Å²) in [5.74, 6) is 1.14. The number of carbonyl (C=O) groups is 1. The number of hydrogen-bond acceptors (Lipinski definition) is 6. The van der Waals surface area contributed by atoms with Gasteiger partial charge in [-0.25, -0.2) is 9.48 Å².